The van der Waals surface area contributed by atoms with Crippen LogP contribution in [-0.2, 0) is 4.79 Å². The van der Waals surface area contributed by atoms with Crippen molar-refractivity contribution in [3.63, 3.8) is 0 Å². The van der Waals surface area contributed by atoms with Crippen LogP contribution in [0.25, 0.3) is 22.3 Å². The highest BCUT2D eigenvalue weighted by atomic mass is 16.5. The van der Waals surface area contributed by atoms with Crippen LogP contribution in [0.5, 0.6) is 5.75 Å². The summed E-state index contributed by atoms with van der Waals surface area (Å²) >= 11 is 0. The van der Waals surface area contributed by atoms with E-state index in [-0.39, 0.29) is 5.91 Å². The Balaban J connectivity index is 1.46. The lowest BCUT2D eigenvalue weighted by molar-refractivity contribution is -0.117. The number of nitrogens with two attached hydrogens (primary N) is 1. The number of hydrogen-bond acceptors (Lipinski definition) is 4. The lowest BCUT2D eigenvalue weighted by Crippen LogP contribution is -2.27. The monoisotopic (exact) mass is 398 g/mol. The van der Waals surface area contributed by atoms with E-state index in [2.05, 4.69) is 15.5 Å². The van der Waals surface area contributed by atoms with Gasteiger partial charge in [-0.1, -0.05) is 48.5 Å². The van der Waals surface area contributed by atoms with Gasteiger partial charge in [-0.05, 0) is 46.5 Å². The molecule has 0 aliphatic heterocycles. The molecular weight excluding hydrogens is 376 g/mol. The SMILES string of the molecule is COc1ccc(-c2cccc(NC(=O)C(N)c3ccc(-c4cn[nH]c4)cc3)c2)cc1. The molecule has 4 rings (SSSR count). The molecule has 0 bridgehead atoms. The number of ether oxygens (including phenoxy) is 1. The van der Waals surface area contributed by atoms with Crippen molar-refractivity contribution in [2.75, 3.05) is 12.4 Å². The van der Waals surface area contributed by atoms with Crippen molar-refractivity contribution in [2.45, 2.75) is 6.04 Å². The van der Waals surface area contributed by atoms with E-state index in [1.54, 1.807) is 13.3 Å². The summed E-state index contributed by atoms with van der Waals surface area (Å²) in [6.07, 6.45) is 3.56. The lowest BCUT2D eigenvalue weighted by Gasteiger charge is -2.14. The zero-order valence-corrected chi connectivity index (χ0v) is 16.5. The Morgan fingerprint density at radius 2 is 1.67 bits per heavy atom. The predicted molar refractivity (Wildman–Crippen MR) is 118 cm³/mol. The van der Waals surface area contributed by atoms with E-state index in [0.29, 0.717) is 5.69 Å². The van der Waals surface area contributed by atoms with Gasteiger partial charge in [-0.2, -0.15) is 5.10 Å². The Hall–Kier alpha value is -3.90. The number of hydrogen-bond donors (Lipinski definition) is 3. The van der Waals surface area contributed by atoms with Crippen molar-refractivity contribution >= 4 is 11.6 Å². The van der Waals surface area contributed by atoms with Crippen LogP contribution in [0, 0.1) is 0 Å². The highest BCUT2D eigenvalue weighted by molar-refractivity contribution is 5.96. The normalized spacial score (nSPS) is 11.7. The third-order valence-corrected chi connectivity index (χ3v) is 4.94. The van der Waals surface area contributed by atoms with Gasteiger partial charge in [0, 0.05) is 17.4 Å². The molecule has 1 heterocycles. The molecule has 0 fully saturated rings. The van der Waals surface area contributed by atoms with E-state index >= 15 is 0 Å². The molecule has 1 atom stereocenters. The summed E-state index contributed by atoms with van der Waals surface area (Å²) in [5.41, 5.74) is 11.6. The maximum absolute atomic E-state index is 12.7. The van der Waals surface area contributed by atoms with Crippen LogP contribution in [0.2, 0.25) is 0 Å². The first kappa shape index (κ1) is 19.4. The van der Waals surface area contributed by atoms with Crippen molar-refractivity contribution < 1.29 is 9.53 Å². The van der Waals surface area contributed by atoms with Crippen LogP contribution in [0.1, 0.15) is 11.6 Å². The number of amides is 1. The van der Waals surface area contributed by atoms with Crippen LogP contribution in [0.4, 0.5) is 5.69 Å². The second-order valence-electron chi connectivity index (χ2n) is 6.89. The van der Waals surface area contributed by atoms with Gasteiger partial charge in [-0.3, -0.25) is 9.89 Å². The van der Waals surface area contributed by atoms with Crippen LogP contribution in [-0.4, -0.2) is 23.2 Å². The van der Waals surface area contributed by atoms with Gasteiger partial charge in [-0.25, -0.2) is 0 Å². The number of nitrogens with zero attached hydrogens (tertiary/aromatic N) is 1. The molecule has 150 valence electrons. The first-order valence-electron chi connectivity index (χ1n) is 9.54. The van der Waals surface area contributed by atoms with Crippen LogP contribution in [0.15, 0.2) is 85.2 Å². The summed E-state index contributed by atoms with van der Waals surface area (Å²) in [5, 5.41) is 9.65. The first-order chi connectivity index (χ1) is 14.6. The molecular formula is C24H22N4O2. The zero-order valence-electron chi connectivity index (χ0n) is 16.5. The maximum Gasteiger partial charge on any atom is 0.245 e. The number of rotatable bonds is 6. The number of carbonyl (C=O) groups excluding carboxylic acids is 1. The Labute approximate surface area is 174 Å². The zero-order chi connectivity index (χ0) is 20.9. The minimum atomic E-state index is -0.770. The van der Waals surface area contributed by atoms with Gasteiger partial charge >= 0.3 is 0 Å². The van der Waals surface area contributed by atoms with Crippen LogP contribution in [0.3, 0.4) is 0 Å². The lowest BCUT2D eigenvalue weighted by atomic mass is 10.0. The summed E-state index contributed by atoms with van der Waals surface area (Å²) in [6, 6.07) is 22.2. The molecule has 6 nitrogen and oxygen atoms in total. The number of aromatic amines is 1. The van der Waals surface area contributed by atoms with Gasteiger partial charge in [0.2, 0.25) is 5.91 Å². The van der Waals surface area contributed by atoms with Gasteiger partial charge < -0.3 is 15.8 Å². The summed E-state index contributed by atoms with van der Waals surface area (Å²) < 4.78 is 5.20. The van der Waals surface area contributed by atoms with E-state index in [0.717, 1.165) is 33.6 Å². The fourth-order valence-corrected chi connectivity index (χ4v) is 3.22. The predicted octanol–water partition coefficient (Wildman–Crippen LogP) is 4.39. The summed E-state index contributed by atoms with van der Waals surface area (Å²) in [5.74, 6) is 0.533. The van der Waals surface area contributed by atoms with Crippen molar-refractivity contribution in [3.8, 4) is 28.0 Å². The third-order valence-electron chi connectivity index (χ3n) is 4.94. The average molecular weight is 398 g/mol. The smallest absolute Gasteiger partial charge is 0.245 e. The number of H-pyrrole nitrogens is 1. The van der Waals surface area contributed by atoms with Gasteiger partial charge in [0.1, 0.15) is 11.8 Å². The minimum Gasteiger partial charge on any atom is -0.497 e. The molecule has 1 aromatic heterocycles. The number of nitrogens with one attached hydrogen (secondary N) is 2. The Kier molecular flexibility index (Phi) is 5.59. The van der Waals surface area contributed by atoms with Crippen molar-refractivity contribution in [1.29, 1.82) is 0 Å². The number of methoxy groups -OCH3 is 1. The summed E-state index contributed by atoms with van der Waals surface area (Å²) in [7, 11) is 1.64. The average Bonchev–Trinajstić information content (AvgIpc) is 3.34. The quantitative estimate of drug-likeness (QED) is 0.449. The molecule has 0 aliphatic rings. The number of anilines is 1. The van der Waals surface area contributed by atoms with Crippen molar-refractivity contribution in [3.05, 3.63) is 90.8 Å². The van der Waals surface area contributed by atoms with Crippen LogP contribution < -0.4 is 15.8 Å². The standard InChI is InChI=1S/C24H22N4O2/c1-30-22-11-9-16(10-12-22)19-3-2-4-21(13-19)28-24(29)23(25)18-7-5-17(6-8-18)20-14-26-27-15-20/h2-15,23H,25H2,1H3,(H,26,27)(H,28,29). The molecule has 1 unspecified atom stereocenters. The fourth-order valence-electron chi connectivity index (χ4n) is 3.22. The molecule has 30 heavy (non-hydrogen) atoms. The Morgan fingerprint density at radius 3 is 2.33 bits per heavy atom. The summed E-state index contributed by atoms with van der Waals surface area (Å²) in [4.78, 5) is 12.7. The second kappa shape index (κ2) is 8.63. The van der Waals surface area contributed by atoms with Gasteiger partial charge in [-0.15, -0.1) is 0 Å². The molecule has 6 heteroatoms. The highest BCUT2D eigenvalue weighted by Gasteiger charge is 2.16. The van der Waals surface area contributed by atoms with E-state index in [4.69, 9.17) is 10.5 Å². The molecule has 4 aromatic rings. The van der Waals surface area contributed by atoms with E-state index in [9.17, 15) is 4.79 Å². The molecule has 1 amide bonds. The first-order valence-corrected chi connectivity index (χ1v) is 9.54. The molecule has 0 radical (unpaired) electrons. The number of carbonyl (C=O) groups is 1. The van der Waals surface area contributed by atoms with Gasteiger partial charge in [0.15, 0.2) is 0 Å². The van der Waals surface area contributed by atoms with E-state index in [1.165, 1.54) is 0 Å². The Morgan fingerprint density at radius 1 is 0.967 bits per heavy atom. The molecule has 0 spiro atoms. The third kappa shape index (κ3) is 4.24. The molecule has 3 aromatic carbocycles. The van der Waals surface area contributed by atoms with Crippen molar-refractivity contribution in [1.82, 2.24) is 10.2 Å². The fraction of sp³-hybridized carbons (Fsp3) is 0.0833. The highest BCUT2D eigenvalue weighted by Crippen LogP contribution is 2.26. The summed E-state index contributed by atoms with van der Waals surface area (Å²) in [6.45, 7) is 0. The molecule has 0 aliphatic carbocycles. The molecule has 4 N–H and O–H groups in total. The van der Waals surface area contributed by atoms with E-state index in [1.807, 2.05) is 79.0 Å². The van der Waals surface area contributed by atoms with Gasteiger partial charge in [0.05, 0.1) is 13.3 Å². The molecule has 0 saturated heterocycles. The second-order valence-corrected chi connectivity index (χ2v) is 6.89. The number of benzene rings is 3. The van der Waals surface area contributed by atoms with Gasteiger partial charge in [0.25, 0.3) is 0 Å². The number of aromatic nitrogens is 2. The molecule has 0 saturated carbocycles. The minimum absolute atomic E-state index is 0.266. The van der Waals surface area contributed by atoms with E-state index < -0.39 is 6.04 Å². The topological polar surface area (TPSA) is 93.0 Å². The van der Waals surface area contributed by atoms with Crippen LogP contribution >= 0.6 is 0 Å². The van der Waals surface area contributed by atoms with Crippen molar-refractivity contribution in [2.24, 2.45) is 5.73 Å². The largest absolute Gasteiger partial charge is 0.497 e. The Bertz CT molecular complexity index is 1120. The maximum atomic E-state index is 12.7.